The van der Waals surface area contributed by atoms with Gasteiger partial charge in [-0.2, -0.15) is 20.4 Å². The summed E-state index contributed by atoms with van der Waals surface area (Å²) in [6.07, 6.45) is 11.1. The number of nitrogens with zero attached hydrogens (tertiary/aromatic N) is 9. The molecule has 0 bridgehead atoms. The maximum absolute atomic E-state index is 12.1. The average Bonchev–Trinajstić information content (AvgIpc) is 3.63. The number of fused-ring (bicyclic) bond motifs is 2. The first-order valence-electron chi connectivity index (χ1n) is 12.9. The van der Waals surface area contributed by atoms with Crippen LogP contribution in [0.5, 0.6) is 0 Å². The Balaban J connectivity index is 0.000000161. The predicted molar refractivity (Wildman–Crippen MR) is 157 cm³/mol. The summed E-state index contributed by atoms with van der Waals surface area (Å²) in [6.45, 7) is 12.5. The van der Waals surface area contributed by atoms with Gasteiger partial charge in [0.1, 0.15) is 5.15 Å². The highest BCUT2D eigenvalue weighted by atomic mass is 35.5. The summed E-state index contributed by atoms with van der Waals surface area (Å²) in [4.78, 5) is 19.4. The molecule has 1 N–H and O–H groups in total. The normalized spacial score (nSPS) is 12.2. The zero-order valence-corrected chi connectivity index (χ0v) is 24.7. The molecule has 0 radical (unpaired) electrons. The molecule has 12 heteroatoms. The number of aryl methyl sites for hydroxylation is 2. The first-order valence-corrected chi connectivity index (χ1v) is 13.2. The molecule has 0 saturated carbocycles. The van der Waals surface area contributed by atoms with Gasteiger partial charge in [-0.25, -0.2) is 4.98 Å². The Morgan fingerprint density at radius 3 is 1.85 bits per heavy atom. The number of rotatable bonds is 2. The van der Waals surface area contributed by atoms with Crippen LogP contribution in [-0.2, 0) is 25.2 Å². The molecule has 0 unspecified atom stereocenters. The molecule has 11 nitrogen and oxygen atoms in total. The average molecular weight is 561 g/mol. The van der Waals surface area contributed by atoms with Crippen molar-refractivity contribution in [3.63, 3.8) is 0 Å². The molecule has 6 aromatic rings. The zero-order valence-electron chi connectivity index (χ0n) is 23.9. The highest BCUT2D eigenvalue weighted by molar-refractivity contribution is 6.34. The summed E-state index contributed by atoms with van der Waals surface area (Å²) >= 11 is 6.23. The lowest BCUT2D eigenvalue weighted by atomic mass is 10.1. The minimum atomic E-state index is -0.130. The van der Waals surface area contributed by atoms with E-state index in [0.717, 1.165) is 33.4 Å². The second-order valence-electron chi connectivity index (χ2n) is 11.8. The fourth-order valence-corrected chi connectivity index (χ4v) is 4.44. The van der Waals surface area contributed by atoms with E-state index < -0.39 is 0 Å². The largest absolute Gasteiger partial charge is 0.321 e. The molecule has 6 aromatic heterocycles. The molecule has 0 fully saturated rings. The molecule has 0 spiro atoms. The van der Waals surface area contributed by atoms with Gasteiger partial charge in [-0.15, -0.1) is 0 Å². The van der Waals surface area contributed by atoms with E-state index in [0.29, 0.717) is 16.1 Å². The highest BCUT2D eigenvalue weighted by Crippen LogP contribution is 2.27. The topological polar surface area (TPSA) is 117 Å². The van der Waals surface area contributed by atoms with Gasteiger partial charge >= 0.3 is 0 Å². The van der Waals surface area contributed by atoms with Crippen molar-refractivity contribution < 1.29 is 0 Å². The molecule has 0 aliphatic heterocycles. The lowest BCUT2D eigenvalue weighted by molar-refractivity contribution is 0.355. The second-order valence-corrected chi connectivity index (χ2v) is 12.2. The van der Waals surface area contributed by atoms with E-state index in [1.165, 1.54) is 0 Å². The van der Waals surface area contributed by atoms with E-state index in [1.54, 1.807) is 35.0 Å². The SMILES string of the molecule is Cn1cc2c(=O)[nH]c(-c3cnn(C(C)(C)C)c3)cc2n1.Cn1cc2c(Cl)nc(-c3cnn(C(C)(C)C)c3)cc2n1. The van der Waals surface area contributed by atoms with Crippen molar-refractivity contribution in [2.45, 2.75) is 52.6 Å². The third-order valence-electron chi connectivity index (χ3n) is 6.35. The summed E-state index contributed by atoms with van der Waals surface area (Å²) in [5, 5.41) is 19.3. The maximum Gasteiger partial charge on any atom is 0.259 e. The van der Waals surface area contributed by atoms with Gasteiger partial charge < -0.3 is 4.98 Å². The monoisotopic (exact) mass is 560 g/mol. The number of aromatic amines is 1. The van der Waals surface area contributed by atoms with Crippen molar-refractivity contribution in [1.82, 2.24) is 49.1 Å². The number of hydrogen-bond donors (Lipinski definition) is 1. The standard InChI is InChI=1S/C14H16ClN5.C14H17N5O/c1-14(2,3)20-7-9(6-16-20)11-5-12-10(13(15)17-11)8-19(4)18-12;1-14(2,3)19-7-9(6-15-19)11-5-12-10(13(20)16-11)8-18(4)17-12/h5-8H,1-4H3;5-8H,1-4H3,(H,16,20). The molecule has 6 heterocycles. The van der Waals surface area contributed by atoms with E-state index in [4.69, 9.17) is 11.6 Å². The second kappa shape index (κ2) is 9.74. The number of pyridine rings is 2. The van der Waals surface area contributed by atoms with Crippen LogP contribution in [0, 0.1) is 0 Å². The Bertz CT molecular complexity index is 1890. The van der Waals surface area contributed by atoms with Crippen molar-refractivity contribution in [3.8, 4) is 22.5 Å². The van der Waals surface area contributed by atoms with E-state index in [1.807, 2.05) is 47.1 Å². The summed E-state index contributed by atoms with van der Waals surface area (Å²) < 4.78 is 7.17. The van der Waals surface area contributed by atoms with Gasteiger partial charge in [0.25, 0.3) is 5.56 Å². The van der Waals surface area contributed by atoms with Gasteiger partial charge in [0.15, 0.2) is 0 Å². The molecule has 0 saturated heterocycles. The molecule has 0 aliphatic carbocycles. The molecule has 0 amide bonds. The van der Waals surface area contributed by atoms with Gasteiger partial charge in [-0.3, -0.25) is 23.5 Å². The first kappa shape index (κ1) is 27.3. The Hall–Kier alpha value is -4.25. The molecule has 6 rings (SSSR count). The van der Waals surface area contributed by atoms with E-state index in [-0.39, 0.29) is 16.6 Å². The molecule has 0 aliphatic rings. The van der Waals surface area contributed by atoms with Crippen LogP contribution in [0.1, 0.15) is 41.5 Å². The fraction of sp³-hybridized carbons (Fsp3) is 0.357. The lowest BCUT2D eigenvalue weighted by Gasteiger charge is -2.18. The molecule has 40 heavy (non-hydrogen) atoms. The summed E-state index contributed by atoms with van der Waals surface area (Å²) in [5.41, 5.74) is 4.59. The van der Waals surface area contributed by atoms with E-state index in [9.17, 15) is 4.79 Å². The van der Waals surface area contributed by atoms with Crippen LogP contribution in [0.25, 0.3) is 44.3 Å². The Morgan fingerprint density at radius 2 is 1.27 bits per heavy atom. The fourth-order valence-electron chi connectivity index (χ4n) is 4.20. The molecule has 0 aromatic carbocycles. The molecule has 208 valence electrons. The van der Waals surface area contributed by atoms with Gasteiger partial charge in [0.05, 0.1) is 56.7 Å². The minimum absolute atomic E-state index is 0.0584. The number of aromatic nitrogens is 10. The smallest absolute Gasteiger partial charge is 0.259 e. The molecular weight excluding hydrogens is 528 g/mol. The van der Waals surface area contributed by atoms with Crippen LogP contribution in [0.2, 0.25) is 5.15 Å². The van der Waals surface area contributed by atoms with Crippen molar-refractivity contribution in [3.05, 3.63) is 64.8 Å². The van der Waals surface area contributed by atoms with Crippen molar-refractivity contribution in [2.24, 2.45) is 14.1 Å². The van der Waals surface area contributed by atoms with Gasteiger partial charge in [0.2, 0.25) is 0 Å². The number of hydrogen-bond acceptors (Lipinski definition) is 6. The van der Waals surface area contributed by atoms with Gasteiger partial charge in [0, 0.05) is 50.0 Å². The van der Waals surface area contributed by atoms with Crippen molar-refractivity contribution in [2.75, 3.05) is 0 Å². The van der Waals surface area contributed by atoms with Gasteiger partial charge in [-0.1, -0.05) is 11.6 Å². The quantitative estimate of drug-likeness (QED) is 0.294. The highest BCUT2D eigenvalue weighted by Gasteiger charge is 2.17. The summed E-state index contributed by atoms with van der Waals surface area (Å²) in [7, 11) is 3.67. The first-order chi connectivity index (χ1) is 18.7. The van der Waals surface area contributed by atoms with Crippen LogP contribution in [0.4, 0.5) is 0 Å². The van der Waals surface area contributed by atoms with Crippen LogP contribution >= 0.6 is 11.6 Å². The zero-order chi connectivity index (χ0) is 29.0. The van der Waals surface area contributed by atoms with E-state index >= 15 is 0 Å². The summed E-state index contributed by atoms with van der Waals surface area (Å²) in [5.74, 6) is 0. The van der Waals surface area contributed by atoms with Crippen molar-refractivity contribution >= 4 is 33.4 Å². The van der Waals surface area contributed by atoms with Crippen LogP contribution < -0.4 is 5.56 Å². The van der Waals surface area contributed by atoms with Crippen molar-refractivity contribution in [1.29, 1.82) is 0 Å². The molecule has 0 atom stereocenters. The Labute approximate surface area is 236 Å². The van der Waals surface area contributed by atoms with Crippen LogP contribution in [0.15, 0.2) is 54.1 Å². The third-order valence-corrected chi connectivity index (χ3v) is 6.64. The number of halogens is 1. The maximum atomic E-state index is 12.1. The predicted octanol–water partition coefficient (Wildman–Crippen LogP) is 5.12. The lowest BCUT2D eigenvalue weighted by Crippen LogP contribution is -2.21. The van der Waals surface area contributed by atoms with Gasteiger partial charge in [-0.05, 0) is 53.7 Å². The molecular formula is C28H33ClN10O. The number of nitrogens with one attached hydrogen (secondary N) is 1. The van der Waals surface area contributed by atoms with Crippen LogP contribution in [0.3, 0.4) is 0 Å². The third kappa shape index (κ3) is 5.42. The summed E-state index contributed by atoms with van der Waals surface area (Å²) in [6, 6.07) is 3.81. The van der Waals surface area contributed by atoms with Crippen LogP contribution in [-0.4, -0.2) is 49.1 Å². The Morgan fingerprint density at radius 1 is 0.750 bits per heavy atom. The minimum Gasteiger partial charge on any atom is -0.321 e. The Kier molecular flexibility index (Phi) is 6.65. The number of H-pyrrole nitrogens is 1. The van der Waals surface area contributed by atoms with E-state index in [2.05, 4.69) is 71.9 Å².